The first kappa shape index (κ1) is 19.5. The zero-order valence-electron chi connectivity index (χ0n) is 17.5. The van der Waals surface area contributed by atoms with Gasteiger partial charge in [-0.25, -0.2) is 9.37 Å². The molecule has 0 spiro atoms. The van der Waals surface area contributed by atoms with Crippen molar-refractivity contribution in [1.29, 1.82) is 0 Å². The Morgan fingerprint density at radius 2 is 2.10 bits per heavy atom. The molecule has 0 bridgehead atoms. The zero-order chi connectivity index (χ0) is 21.5. The minimum Gasteiger partial charge on any atom is -0.366 e. The van der Waals surface area contributed by atoms with Crippen molar-refractivity contribution in [1.82, 2.24) is 19.7 Å². The molecule has 3 aromatic rings. The van der Waals surface area contributed by atoms with E-state index in [1.807, 2.05) is 31.1 Å². The van der Waals surface area contributed by atoms with Gasteiger partial charge in [0.1, 0.15) is 11.6 Å². The van der Waals surface area contributed by atoms with Crippen LogP contribution in [-0.2, 0) is 17.9 Å². The molecule has 5 rings (SSSR count). The fourth-order valence-electron chi connectivity index (χ4n) is 3.88. The molecule has 1 aliphatic heterocycles. The fourth-order valence-corrected chi connectivity index (χ4v) is 3.88. The Hall–Kier alpha value is -3.49. The van der Waals surface area contributed by atoms with Crippen molar-refractivity contribution in [3.05, 3.63) is 59.1 Å². The number of rotatable bonds is 6. The summed E-state index contributed by atoms with van der Waals surface area (Å²) in [4.78, 5) is 22.5. The van der Waals surface area contributed by atoms with Crippen LogP contribution in [0.3, 0.4) is 0 Å². The Bertz CT molecular complexity index is 1150. The molecule has 0 aromatic carbocycles. The Labute approximate surface area is 179 Å². The quantitative estimate of drug-likeness (QED) is 0.636. The lowest BCUT2D eigenvalue weighted by Gasteiger charge is -2.28. The molecular weight excluding hydrogens is 397 g/mol. The average Bonchev–Trinajstić information content (AvgIpc) is 3.47. The van der Waals surface area contributed by atoms with E-state index >= 15 is 0 Å². The number of pyridine rings is 2. The summed E-state index contributed by atoms with van der Waals surface area (Å²) in [5, 5.41) is 10.6. The van der Waals surface area contributed by atoms with Crippen LogP contribution in [0, 0.1) is 12.7 Å². The molecule has 31 heavy (non-hydrogen) atoms. The maximum atomic E-state index is 14.2. The molecule has 1 saturated carbocycles. The third-order valence-corrected chi connectivity index (χ3v) is 5.63. The number of fused-ring (bicyclic) bond motifs is 1. The maximum Gasteiger partial charge on any atom is 0.243 e. The highest BCUT2D eigenvalue weighted by molar-refractivity contribution is 6.02. The number of carbonyl (C=O) groups excluding carboxylic acids is 1. The molecule has 1 amide bonds. The molecule has 8 nitrogen and oxygen atoms in total. The van der Waals surface area contributed by atoms with Gasteiger partial charge in [-0.05, 0) is 31.4 Å². The number of hydrogen-bond donors (Lipinski definition) is 2. The van der Waals surface area contributed by atoms with E-state index in [2.05, 4.69) is 25.7 Å². The van der Waals surface area contributed by atoms with Crippen molar-refractivity contribution in [2.45, 2.75) is 38.8 Å². The number of carbonyl (C=O) groups is 1. The van der Waals surface area contributed by atoms with Crippen LogP contribution in [-0.4, -0.2) is 39.2 Å². The first-order valence-corrected chi connectivity index (χ1v) is 10.4. The summed E-state index contributed by atoms with van der Waals surface area (Å²) in [6, 6.07) is 3.50. The fraction of sp³-hybridized carbons (Fsp3) is 0.364. The molecule has 0 unspecified atom stereocenters. The van der Waals surface area contributed by atoms with Crippen LogP contribution < -0.4 is 15.5 Å². The van der Waals surface area contributed by atoms with Gasteiger partial charge in [0.2, 0.25) is 5.91 Å². The Kier molecular flexibility index (Phi) is 4.80. The highest BCUT2D eigenvalue weighted by Gasteiger charge is 2.28. The normalized spacial score (nSPS) is 15.6. The van der Waals surface area contributed by atoms with Crippen molar-refractivity contribution in [3.63, 3.8) is 0 Å². The summed E-state index contributed by atoms with van der Waals surface area (Å²) in [5.74, 6) is 0.775. The molecule has 0 atom stereocenters. The van der Waals surface area contributed by atoms with E-state index in [1.165, 1.54) is 0 Å². The van der Waals surface area contributed by atoms with Crippen LogP contribution >= 0.6 is 0 Å². The van der Waals surface area contributed by atoms with Crippen molar-refractivity contribution >= 4 is 23.1 Å². The van der Waals surface area contributed by atoms with Crippen LogP contribution in [0.5, 0.6) is 0 Å². The van der Waals surface area contributed by atoms with Gasteiger partial charge in [-0.3, -0.25) is 14.5 Å². The number of anilines is 3. The number of amides is 1. The minimum absolute atomic E-state index is 0.0368. The van der Waals surface area contributed by atoms with Gasteiger partial charge in [0.25, 0.3) is 0 Å². The Morgan fingerprint density at radius 1 is 1.26 bits per heavy atom. The van der Waals surface area contributed by atoms with Gasteiger partial charge >= 0.3 is 0 Å². The van der Waals surface area contributed by atoms with Crippen molar-refractivity contribution < 1.29 is 9.18 Å². The van der Waals surface area contributed by atoms with Crippen molar-refractivity contribution in [2.24, 2.45) is 0 Å². The van der Waals surface area contributed by atoms with Gasteiger partial charge in [0, 0.05) is 43.5 Å². The molecule has 9 heteroatoms. The van der Waals surface area contributed by atoms with E-state index in [1.54, 1.807) is 23.1 Å². The third kappa shape index (κ3) is 4.08. The van der Waals surface area contributed by atoms with Gasteiger partial charge in [-0.1, -0.05) is 0 Å². The third-order valence-electron chi connectivity index (χ3n) is 5.63. The standard InChI is InChI=1S/C22H24FN7O/c1-13-21-18(29(2)12-20(31)28-21)6-19(27-13)24-8-15-9-26-30(11-15)10-14-5-17(23)22(25-7-14)16-3-4-16/h5-7,9,11,16H,3-4,8,10,12H2,1-2H3,(H,24,27)(H,28,31). The van der Waals surface area contributed by atoms with Crippen LogP contribution in [0.1, 0.15) is 41.3 Å². The number of likely N-dealkylation sites (N-methyl/N-ethyl adjacent to an activating group) is 1. The zero-order valence-corrected chi connectivity index (χ0v) is 17.5. The first-order valence-electron chi connectivity index (χ1n) is 10.4. The lowest BCUT2D eigenvalue weighted by Crippen LogP contribution is -2.36. The largest absolute Gasteiger partial charge is 0.366 e. The van der Waals surface area contributed by atoms with Crippen LogP contribution in [0.15, 0.2) is 30.7 Å². The number of aromatic nitrogens is 4. The minimum atomic E-state index is -0.218. The molecular formula is C22H24FN7O. The van der Waals surface area contributed by atoms with E-state index in [9.17, 15) is 9.18 Å². The summed E-state index contributed by atoms with van der Waals surface area (Å²) < 4.78 is 16.0. The number of nitrogens with one attached hydrogen (secondary N) is 2. The Balaban J connectivity index is 1.24. The van der Waals surface area contributed by atoms with Gasteiger partial charge in [-0.15, -0.1) is 0 Å². The van der Waals surface area contributed by atoms with Gasteiger partial charge in [-0.2, -0.15) is 5.10 Å². The van der Waals surface area contributed by atoms with Crippen molar-refractivity contribution in [2.75, 3.05) is 29.1 Å². The van der Waals surface area contributed by atoms with E-state index in [-0.39, 0.29) is 11.7 Å². The predicted molar refractivity (Wildman–Crippen MR) is 116 cm³/mol. The van der Waals surface area contributed by atoms with E-state index in [0.717, 1.165) is 46.9 Å². The summed E-state index contributed by atoms with van der Waals surface area (Å²) in [6.45, 7) is 3.22. The summed E-state index contributed by atoms with van der Waals surface area (Å²) in [5.41, 5.74) is 4.83. The second-order valence-electron chi connectivity index (χ2n) is 8.28. The number of hydrogen-bond acceptors (Lipinski definition) is 6. The molecule has 0 saturated heterocycles. The monoisotopic (exact) mass is 421 g/mol. The van der Waals surface area contributed by atoms with Crippen LogP contribution in [0.25, 0.3) is 0 Å². The smallest absolute Gasteiger partial charge is 0.243 e. The summed E-state index contributed by atoms with van der Waals surface area (Å²) >= 11 is 0. The molecule has 4 heterocycles. The van der Waals surface area contributed by atoms with Gasteiger partial charge < -0.3 is 15.5 Å². The number of aryl methyl sites for hydroxylation is 1. The van der Waals surface area contributed by atoms with Crippen molar-refractivity contribution in [3.8, 4) is 0 Å². The highest BCUT2D eigenvalue weighted by atomic mass is 19.1. The first-order chi connectivity index (χ1) is 15.0. The summed E-state index contributed by atoms with van der Waals surface area (Å²) in [6.07, 6.45) is 7.51. The molecule has 1 aliphatic carbocycles. The maximum absolute atomic E-state index is 14.2. The van der Waals surface area contributed by atoms with Crippen LogP contribution in [0.2, 0.25) is 0 Å². The topological polar surface area (TPSA) is 88.0 Å². The SMILES string of the molecule is Cc1nc(NCc2cnn(Cc3cnc(C4CC4)c(F)c3)c2)cc2c1NC(=O)CN2C. The summed E-state index contributed by atoms with van der Waals surface area (Å²) in [7, 11) is 1.89. The molecule has 0 radical (unpaired) electrons. The lowest BCUT2D eigenvalue weighted by atomic mass is 10.2. The highest BCUT2D eigenvalue weighted by Crippen LogP contribution is 2.40. The molecule has 3 aromatic heterocycles. The second kappa shape index (κ2) is 7.64. The lowest BCUT2D eigenvalue weighted by molar-refractivity contribution is -0.115. The molecule has 1 fully saturated rings. The van der Waals surface area contributed by atoms with E-state index < -0.39 is 0 Å². The van der Waals surface area contributed by atoms with Crippen LogP contribution in [0.4, 0.5) is 21.6 Å². The predicted octanol–water partition coefficient (Wildman–Crippen LogP) is 3.05. The molecule has 2 aliphatic rings. The van der Waals surface area contributed by atoms with E-state index in [4.69, 9.17) is 0 Å². The Morgan fingerprint density at radius 3 is 2.87 bits per heavy atom. The van der Waals surface area contributed by atoms with E-state index in [0.29, 0.717) is 31.2 Å². The average molecular weight is 421 g/mol. The van der Waals surface area contributed by atoms with Gasteiger partial charge in [0.05, 0.1) is 42.0 Å². The number of halogens is 1. The van der Waals surface area contributed by atoms with Gasteiger partial charge in [0.15, 0.2) is 0 Å². The number of nitrogens with zero attached hydrogens (tertiary/aromatic N) is 5. The second-order valence-corrected chi connectivity index (χ2v) is 8.28. The molecule has 160 valence electrons. The molecule has 2 N–H and O–H groups in total.